The molecule has 3 N–H and O–H groups in total. The lowest BCUT2D eigenvalue weighted by Crippen LogP contribution is -2.66. The summed E-state index contributed by atoms with van der Waals surface area (Å²) >= 11 is 6.59. The predicted molar refractivity (Wildman–Crippen MR) is 119 cm³/mol. The van der Waals surface area contributed by atoms with E-state index in [9.17, 15) is 10.2 Å². The Labute approximate surface area is 181 Å². The first-order chi connectivity index (χ1) is 14.5. The van der Waals surface area contributed by atoms with Gasteiger partial charge in [0.2, 0.25) is 0 Å². The van der Waals surface area contributed by atoms with E-state index in [-0.39, 0.29) is 5.75 Å². The van der Waals surface area contributed by atoms with Crippen molar-refractivity contribution in [3.05, 3.63) is 64.3 Å². The Hall–Kier alpha value is -2.01. The quantitative estimate of drug-likeness (QED) is 0.586. The molecule has 3 aliphatic rings. The second-order valence-electron chi connectivity index (χ2n) is 9.69. The number of piperidine rings is 1. The summed E-state index contributed by atoms with van der Waals surface area (Å²) in [4.78, 5) is 6.06. The van der Waals surface area contributed by atoms with E-state index in [0.29, 0.717) is 13.0 Å². The normalized spacial score (nSPS) is 29.0. The highest BCUT2D eigenvalue weighted by Gasteiger charge is 2.58. The van der Waals surface area contributed by atoms with Gasteiger partial charge in [-0.3, -0.25) is 0 Å². The minimum absolute atomic E-state index is 0.259. The maximum absolute atomic E-state index is 12.3. The largest absolute Gasteiger partial charge is 0.508 e. The van der Waals surface area contributed by atoms with E-state index in [2.05, 4.69) is 22.0 Å². The number of aromatic hydroxyl groups is 1. The third-order valence-corrected chi connectivity index (χ3v) is 8.07. The minimum atomic E-state index is -0.908. The lowest BCUT2D eigenvalue weighted by Gasteiger charge is -2.56. The molecule has 5 heteroatoms. The summed E-state index contributed by atoms with van der Waals surface area (Å²) in [6.45, 7) is 2.72. The molecular formula is C25H27ClN2O2. The zero-order valence-electron chi connectivity index (χ0n) is 17.0. The highest BCUT2D eigenvalue weighted by molar-refractivity contribution is 6.35. The Kier molecular flexibility index (Phi) is 4.05. The highest BCUT2D eigenvalue weighted by Crippen LogP contribution is 2.52. The number of aromatic amines is 1. The summed E-state index contributed by atoms with van der Waals surface area (Å²) in [5.41, 5.74) is 3.06. The van der Waals surface area contributed by atoms with Crippen LogP contribution in [0.15, 0.2) is 42.5 Å². The van der Waals surface area contributed by atoms with Crippen molar-refractivity contribution in [3.8, 4) is 5.75 Å². The van der Waals surface area contributed by atoms with E-state index >= 15 is 0 Å². The number of fused-ring (bicyclic) bond motifs is 4. The SMILES string of the molecule is Oc1cccc(C23CCN(CC4CC4)CC2(O)Cc2c([nH]c4cccc(Cl)c24)C3)c1. The molecule has 0 spiro atoms. The molecule has 0 amide bonds. The average Bonchev–Trinajstić information content (AvgIpc) is 3.45. The molecule has 2 fully saturated rings. The van der Waals surface area contributed by atoms with Gasteiger partial charge in [-0.15, -0.1) is 0 Å². The molecule has 3 aromatic rings. The first kappa shape index (κ1) is 18.7. The molecule has 4 nitrogen and oxygen atoms in total. The molecule has 1 aliphatic heterocycles. The molecule has 1 saturated heterocycles. The van der Waals surface area contributed by atoms with Gasteiger partial charge in [-0.25, -0.2) is 0 Å². The van der Waals surface area contributed by atoms with Crippen molar-refractivity contribution in [2.24, 2.45) is 5.92 Å². The number of nitrogens with zero attached hydrogens (tertiary/aromatic N) is 1. The van der Waals surface area contributed by atoms with Crippen LogP contribution in [0.1, 0.15) is 36.1 Å². The van der Waals surface area contributed by atoms with Gasteiger partial charge in [-0.2, -0.15) is 0 Å². The number of benzene rings is 2. The van der Waals surface area contributed by atoms with E-state index < -0.39 is 11.0 Å². The molecule has 2 heterocycles. The maximum Gasteiger partial charge on any atom is 0.115 e. The van der Waals surface area contributed by atoms with Crippen molar-refractivity contribution in [1.29, 1.82) is 0 Å². The number of hydrogen-bond donors (Lipinski definition) is 3. The van der Waals surface area contributed by atoms with Gasteiger partial charge >= 0.3 is 0 Å². The third kappa shape index (κ3) is 2.74. The van der Waals surface area contributed by atoms with Gasteiger partial charge in [0.25, 0.3) is 0 Å². The minimum Gasteiger partial charge on any atom is -0.508 e. The predicted octanol–water partition coefficient (Wildman–Crippen LogP) is 4.41. The summed E-state index contributed by atoms with van der Waals surface area (Å²) < 4.78 is 0. The first-order valence-corrected chi connectivity index (χ1v) is 11.4. The van der Waals surface area contributed by atoms with E-state index in [4.69, 9.17) is 11.6 Å². The highest BCUT2D eigenvalue weighted by atomic mass is 35.5. The fourth-order valence-corrected chi connectivity index (χ4v) is 6.35. The van der Waals surface area contributed by atoms with Gasteiger partial charge in [-0.05, 0) is 67.1 Å². The average molecular weight is 423 g/mol. The number of halogens is 1. The molecule has 2 unspecified atom stereocenters. The number of phenolic OH excluding ortho intramolecular Hbond substituents is 1. The number of likely N-dealkylation sites (tertiary alicyclic amines) is 1. The molecule has 0 bridgehead atoms. The van der Waals surface area contributed by atoms with Gasteiger partial charge in [-0.1, -0.05) is 29.8 Å². The monoisotopic (exact) mass is 422 g/mol. The molecule has 2 aliphatic carbocycles. The molecule has 30 heavy (non-hydrogen) atoms. The van der Waals surface area contributed by atoms with Crippen LogP contribution in [-0.2, 0) is 18.3 Å². The van der Waals surface area contributed by atoms with Crippen molar-refractivity contribution >= 4 is 22.5 Å². The number of aromatic nitrogens is 1. The van der Waals surface area contributed by atoms with Gasteiger partial charge in [0.1, 0.15) is 5.75 Å². The van der Waals surface area contributed by atoms with Crippen LogP contribution in [0.3, 0.4) is 0 Å². The molecule has 156 valence electrons. The Bertz CT molecular complexity index is 1140. The van der Waals surface area contributed by atoms with Gasteiger partial charge in [0.15, 0.2) is 0 Å². The van der Waals surface area contributed by atoms with Crippen LogP contribution in [-0.4, -0.2) is 45.3 Å². The number of phenols is 1. The summed E-state index contributed by atoms with van der Waals surface area (Å²) in [5, 5.41) is 24.3. The van der Waals surface area contributed by atoms with E-state index in [1.807, 2.05) is 24.3 Å². The number of H-pyrrole nitrogens is 1. The zero-order valence-corrected chi connectivity index (χ0v) is 17.8. The van der Waals surface area contributed by atoms with Crippen molar-refractivity contribution in [2.75, 3.05) is 19.6 Å². The molecule has 1 aromatic heterocycles. The second-order valence-corrected chi connectivity index (χ2v) is 10.1. The Balaban J connectivity index is 1.51. The first-order valence-electron chi connectivity index (χ1n) is 11.0. The van der Waals surface area contributed by atoms with E-state index in [1.165, 1.54) is 18.5 Å². The fraction of sp³-hybridized carbons (Fsp3) is 0.440. The van der Waals surface area contributed by atoms with Crippen molar-refractivity contribution in [2.45, 2.75) is 43.1 Å². The number of rotatable bonds is 3. The van der Waals surface area contributed by atoms with E-state index in [0.717, 1.165) is 58.9 Å². The lowest BCUT2D eigenvalue weighted by molar-refractivity contribution is -0.103. The Morgan fingerprint density at radius 1 is 1.13 bits per heavy atom. The standard InChI is InChI=1S/C25H27ClN2O2/c26-20-5-2-6-21-23(20)19-12-25(30)15-28(14-16-7-8-16)10-9-24(25,13-22(19)27-21)17-3-1-4-18(29)11-17/h1-6,11,16,27,29-30H,7-10,12-15H2. The molecule has 2 aromatic carbocycles. The van der Waals surface area contributed by atoms with Gasteiger partial charge < -0.3 is 20.1 Å². The van der Waals surface area contributed by atoms with Crippen molar-refractivity contribution in [1.82, 2.24) is 9.88 Å². The number of hydrogen-bond acceptors (Lipinski definition) is 3. The van der Waals surface area contributed by atoms with Crippen LogP contribution in [0.4, 0.5) is 0 Å². The number of aliphatic hydroxyl groups is 1. The summed E-state index contributed by atoms with van der Waals surface area (Å²) in [6.07, 6.45) is 4.80. The second kappa shape index (κ2) is 6.49. The number of β-amino-alcohol motifs (C(OH)–C–C–N with tert-alkyl or cyclic N) is 1. The molecule has 0 radical (unpaired) electrons. The smallest absolute Gasteiger partial charge is 0.115 e. The maximum atomic E-state index is 12.3. The van der Waals surface area contributed by atoms with Crippen molar-refractivity contribution < 1.29 is 10.2 Å². The van der Waals surface area contributed by atoms with Crippen LogP contribution in [0.5, 0.6) is 5.75 Å². The molecule has 1 saturated carbocycles. The van der Waals surface area contributed by atoms with Crippen LogP contribution in [0.2, 0.25) is 5.02 Å². The van der Waals surface area contributed by atoms with Crippen LogP contribution >= 0.6 is 11.6 Å². The Morgan fingerprint density at radius 3 is 2.77 bits per heavy atom. The Morgan fingerprint density at radius 2 is 1.97 bits per heavy atom. The lowest BCUT2D eigenvalue weighted by atomic mass is 9.56. The topological polar surface area (TPSA) is 59.5 Å². The molecule has 6 rings (SSSR count). The summed E-state index contributed by atoms with van der Waals surface area (Å²) in [6, 6.07) is 13.5. The molecule has 2 atom stereocenters. The van der Waals surface area contributed by atoms with Crippen LogP contribution in [0, 0.1) is 5.92 Å². The van der Waals surface area contributed by atoms with Crippen LogP contribution in [0.25, 0.3) is 10.9 Å². The number of nitrogens with one attached hydrogen (secondary N) is 1. The van der Waals surface area contributed by atoms with Gasteiger partial charge in [0, 0.05) is 47.9 Å². The summed E-state index contributed by atoms with van der Waals surface area (Å²) in [7, 11) is 0. The van der Waals surface area contributed by atoms with Crippen LogP contribution < -0.4 is 0 Å². The van der Waals surface area contributed by atoms with Crippen molar-refractivity contribution in [3.63, 3.8) is 0 Å². The third-order valence-electron chi connectivity index (χ3n) is 7.76. The fourth-order valence-electron chi connectivity index (χ4n) is 6.06. The van der Waals surface area contributed by atoms with Gasteiger partial charge in [0.05, 0.1) is 10.6 Å². The molecular weight excluding hydrogens is 396 g/mol. The zero-order chi connectivity index (χ0) is 20.5. The summed E-state index contributed by atoms with van der Waals surface area (Å²) in [5.74, 6) is 1.05. The van der Waals surface area contributed by atoms with E-state index in [1.54, 1.807) is 6.07 Å².